The van der Waals surface area contributed by atoms with Crippen molar-refractivity contribution in [1.29, 1.82) is 0 Å². The second-order valence-corrected chi connectivity index (χ2v) is 26.4. The molecule has 2 aromatic heterocycles. The number of hydrogen-bond acceptors (Lipinski definition) is 2. The van der Waals surface area contributed by atoms with E-state index in [4.69, 9.17) is 0 Å². The summed E-state index contributed by atoms with van der Waals surface area (Å²) in [5.41, 5.74) is 34.4. The largest absolute Gasteiger partial charge is 0.311 e. The molecular weight excluding hydrogens is 1210 g/mol. The van der Waals surface area contributed by atoms with Gasteiger partial charge in [0.05, 0.1) is 22.4 Å². The molecule has 100 heavy (non-hydrogen) atoms. The summed E-state index contributed by atoms with van der Waals surface area (Å²) in [5.74, 6) is 0. The van der Waals surface area contributed by atoms with Crippen molar-refractivity contribution in [2.24, 2.45) is 0 Å². The Balaban J connectivity index is 0.934. The number of rotatable bonds is 12. The lowest BCUT2D eigenvalue weighted by Gasteiger charge is -2.45. The van der Waals surface area contributed by atoms with Crippen LogP contribution in [-0.4, -0.2) is 15.8 Å². The Morgan fingerprint density at radius 3 is 0.840 bits per heavy atom. The molecule has 0 aliphatic carbocycles. The number of para-hydroxylation sites is 2. The minimum atomic E-state index is -0.215. The summed E-state index contributed by atoms with van der Waals surface area (Å²) in [7, 11) is 0. The van der Waals surface area contributed by atoms with Gasteiger partial charge in [0, 0.05) is 67.4 Å². The molecule has 5 heteroatoms. The maximum atomic E-state index is 2.61. The lowest BCUT2D eigenvalue weighted by atomic mass is 9.33. The molecule has 0 saturated carbocycles. The van der Waals surface area contributed by atoms with Crippen LogP contribution in [0.5, 0.6) is 0 Å². The standard InChI is InChI=1S/C95H65BN4/c1-64-54-89-93-90(55-64)98(80-60-75(67-34-14-4-15-35-67)57-76(61-80)68-36-16-5-17-37-68)88-63-78(100-86-49-29-27-47-82(86)92(70-40-20-7-21-41-70)95(100)72-44-24-9-25-45-72)51-53-84(88)96(93)83-52-50-77(99-85-48-28-26-46-81(85)91(69-38-18-6-19-39-69)94(99)71-42-22-8-23-43-71)62-87(83)97(89)79-58-73(65-30-10-2-11-31-65)56-74(59-79)66-32-12-3-13-33-66/h2-63H,1H3. The number of nitrogens with zero attached hydrogens (tertiary/aromatic N) is 4. The van der Waals surface area contributed by atoms with Gasteiger partial charge in [0.1, 0.15) is 0 Å². The first-order chi connectivity index (χ1) is 49.5. The van der Waals surface area contributed by atoms with Crippen molar-refractivity contribution in [3.63, 3.8) is 0 Å². The summed E-state index contributed by atoms with van der Waals surface area (Å²) in [5, 5.41) is 2.39. The number of aromatic nitrogens is 2. The molecule has 0 saturated heterocycles. The Bertz CT molecular complexity index is 5470. The minimum Gasteiger partial charge on any atom is -0.311 e. The Morgan fingerprint density at radius 2 is 0.510 bits per heavy atom. The van der Waals surface area contributed by atoms with Gasteiger partial charge in [0.25, 0.3) is 6.71 Å². The van der Waals surface area contributed by atoms with Crippen molar-refractivity contribution < 1.29 is 0 Å². The normalized spacial score (nSPS) is 12.2. The van der Waals surface area contributed by atoms with Gasteiger partial charge in [-0.15, -0.1) is 0 Å². The van der Waals surface area contributed by atoms with Crippen molar-refractivity contribution in [3.05, 3.63) is 382 Å². The number of fused-ring (bicyclic) bond motifs is 6. The second kappa shape index (κ2) is 24.3. The van der Waals surface area contributed by atoms with Crippen molar-refractivity contribution in [2.45, 2.75) is 6.92 Å². The van der Waals surface area contributed by atoms with Gasteiger partial charge >= 0.3 is 0 Å². The summed E-state index contributed by atoms with van der Waals surface area (Å²) >= 11 is 0. The van der Waals surface area contributed by atoms with Gasteiger partial charge in [-0.2, -0.15) is 0 Å². The molecule has 0 spiro atoms. The topological polar surface area (TPSA) is 16.3 Å². The van der Waals surface area contributed by atoms with Gasteiger partial charge in [0.15, 0.2) is 0 Å². The first-order valence-electron chi connectivity index (χ1n) is 34.6. The molecule has 2 aliphatic rings. The van der Waals surface area contributed by atoms with E-state index in [0.29, 0.717) is 0 Å². The summed E-state index contributed by atoms with van der Waals surface area (Å²) in [6.45, 7) is 2.07. The van der Waals surface area contributed by atoms with E-state index < -0.39 is 0 Å². The Hall–Kier alpha value is -13.0. The van der Waals surface area contributed by atoms with E-state index in [1.165, 1.54) is 49.4 Å². The summed E-state index contributed by atoms with van der Waals surface area (Å²) in [4.78, 5) is 5.23. The van der Waals surface area contributed by atoms with Crippen LogP contribution >= 0.6 is 0 Å². The number of benzene rings is 15. The molecule has 17 aromatic rings. The van der Waals surface area contributed by atoms with Crippen LogP contribution in [0.4, 0.5) is 34.1 Å². The molecule has 2 aliphatic heterocycles. The van der Waals surface area contributed by atoms with Crippen LogP contribution in [0.15, 0.2) is 376 Å². The predicted molar refractivity (Wildman–Crippen MR) is 422 cm³/mol. The third-order valence-electron chi connectivity index (χ3n) is 20.4. The maximum absolute atomic E-state index is 2.61. The zero-order valence-electron chi connectivity index (χ0n) is 55.2. The molecule has 4 nitrogen and oxygen atoms in total. The molecule has 4 heterocycles. The van der Waals surface area contributed by atoms with Gasteiger partial charge < -0.3 is 18.9 Å². The summed E-state index contributed by atoms with van der Waals surface area (Å²) in [6.07, 6.45) is 0. The lowest BCUT2D eigenvalue weighted by molar-refractivity contribution is 1.13. The molecule has 0 radical (unpaired) electrons. The number of aryl methyl sites for hydroxylation is 1. The van der Waals surface area contributed by atoms with Gasteiger partial charge in [-0.1, -0.05) is 291 Å². The molecule has 0 bridgehead atoms. The molecular formula is C95H65BN4. The Kier molecular flexibility index (Phi) is 14.2. The fourth-order valence-corrected chi connectivity index (χ4v) is 16.2. The highest BCUT2D eigenvalue weighted by Gasteiger charge is 2.44. The van der Waals surface area contributed by atoms with Crippen LogP contribution in [0.2, 0.25) is 0 Å². The van der Waals surface area contributed by atoms with Crippen LogP contribution in [0, 0.1) is 6.92 Å². The molecule has 0 fully saturated rings. The first kappa shape index (κ1) is 58.4. The maximum Gasteiger partial charge on any atom is 0.252 e. The van der Waals surface area contributed by atoms with Crippen molar-refractivity contribution in [3.8, 4) is 101 Å². The lowest BCUT2D eigenvalue weighted by Crippen LogP contribution is -2.61. The highest BCUT2D eigenvalue weighted by Crippen LogP contribution is 2.51. The van der Waals surface area contributed by atoms with Crippen molar-refractivity contribution in [2.75, 3.05) is 9.80 Å². The van der Waals surface area contributed by atoms with E-state index in [0.717, 1.165) is 129 Å². The smallest absolute Gasteiger partial charge is 0.252 e. The van der Waals surface area contributed by atoms with Crippen LogP contribution in [0.3, 0.4) is 0 Å². The van der Waals surface area contributed by atoms with E-state index in [9.17, 15) is 0 Å². The monoisotopic (exact) mass is 1270 g/mol. The predicted octanol–water partition coefficient (Wildman–Crippen LogP) is 23.3. The van der Waals surface area contributed by atoms with Crippen molar-refractivity contribution >= 4 is 79.0 Å². The quantitative estimate of drug-likeness (QED) is 0.113. The molecule has 0 unspecified atom stereocenters. The van der Waals surface area contributed by atoms with E-state index in [2.05, 4.69) is 402 Å². The van der Waals surface area contributed by atoms with E-state index >= 15 is 0 Å². The van der Waals surface area contributed by atoms with Crippen LogP contribution in [0.25, 0.3) is 122 Å². The van der Waals surface area contributed by atoms with Crippen LogP contribution in [-0.2, 0) is 0 Å². The van der Waals surface area contributed by atoms with Crippen molar-refractivity contribution in [1.82, 2.24) is 9.13 Å². The van der Waals surface area contributed by atoms with Gasteiger partial charge in [0.2, 0.25) is 0 Å². The zero-order valence-corrected chi connectivity index (χ0v) is 55.2. The van der Waals surface area contributed by atoms with E-state index in [1.807, 2.05) is 0 Å². The van der Waals surface area contributed by atoms with Crippen LogP contribution < -0.4 is 26.2 Å². The Labute approximate surface area is 583 Å². The third kappa shape index (κ3) is 9.84. The summed E-state index contributed by atoms with van der Waals surface area (Å²) in [6, 6.07) is 140. The first-order valence-corrected chi connectivity index (χ1v) is 34.6. The Morgan fingerprint density at radius 1 is 0.220 bits per heavy atom. The van der Waals surface area contributed by atoms with Gasteiger partial charge in [-0.05, 0) is 181 Å². The minimum absolute atomic E-state index is 0.215. The molecule has 19 rings (SSSR count). The number of anilines is 6. The highest BCUT2D eigenvalue weighted by molar-refractivity contribution is 7.00. The van der Waals surface area contributed by atoms with Gasteiger partial charge in [-0.25, -0.2) is 0 Å². The van der Waals surface area contributed by atoms with E-state index in [-0.39, 0.29) is 6.71 Å². The average Bonchev–Trinajstić information content (AvgIpc) is 0.747. The molecule has 0 N–H and O–H groups in total. The fraction of sp³-hybridized carbons (Fsp3) is 0.0105. The average molecular weight is 1270 g/mol. The molecule has 0 amide bonds. The van der Waals surface area contributed by atoms with E-state index in [1.54, 1.807) is 0 Å². The third-order valence-corrected chi connectivity index (χ3v) is 20.4. The van der Waals surface area contributed by atoms with Gasteiger partial charge in [-0.3, -0.25) is 0 Å². The SMILES string of the molecule is Cc1cc2c3c(c1)N(c1cc(-c4ccccc4)cc(-c4ccccc4)c1)c1cc(-n4c(-c5ccccc5)c(-c5ccccc5)c5ccccc54)ccc1B3c1ccc(-n3c(-c4ccccc4)c(-c4ccccc4)c4ccccc43)cc1N2c1cc(-c2ccccc2)cc(-c2ccccc2)c1. The zero-order chi connectivity index (χ0) is 66.2. The molecule has 468 valence electrons. The highest BCUT2D eigenvalue weighted by atomic mass is 15.2. The second-order valence-electron chi connectivity index (χ2n) is 26.4. The fourth-order valence-electron chi connectivity index (χ4n) is 16.2. The summed E-state index contributed by atoms with van der Waals surface area (Å²) < 4.78 is 5.06. The molecule has 0 atom stereocenters. The van der Waals surface area contributed by atoms with Crippen LogP contribution in [0.1, 0.15) is 5.56 Å². The molecule has 15 aromatic carbocycles. The number of hydrogen-bond donors (Lipinski definition) is 0.